The van der Waals surface area contributed by atoms with Crippen LogP contribution in [-0.2, 0) is 11.2 Å². The second kappa shape index (κ2) is 3.54. The minimum atomic E-state index is -0.359. The molecule has 1 heterocycles. The summed E-state index contributed by atoms with van der Waals surface area (Å²) < 4.78 is 0. The number of rotatable bonds is 2. The maximum atomic E-state index is 10.6. The fraction of sp³-hybridized carbons (Fsp3) is 0.250. The summed E-state index contributed by atoms with van der Waals surface area (Å²) in [6.07, 6.45) is 0.218. The Morgan fingerprint density at radius 2 is 2.33 bits per heavy atom. The van der Waals surface area contributed by atoms with E-state index in [1.807, 2.05) is 0 Å². The first kappa shape index (κ1) is 9.00. The van der Waals surface area contributed by atoms with Crippen molar-refractivity contribution >= 4 is 17.5 Å². The molecule has 0 aliphatic rings. The van der Waals surface area contributed by atoms with Gasteiger partial charge < -0.3 is 5.73 Å². The zero-order valence-electron chi connectivity index (χ0n) is 6.67. The molecule has 0 aliphatic heterocycles. The molecule has 0 fully saturated rings. The first-order valence-corrected chi connectivity index (χ1v) is 3.87. The van der Waals surface area contributed by atoms with E-state index in [4.69, 9.17) is 17.3 Å². The van der Waals surface area contributed by atoms with Crippen molar-refractivity contribution in [1.82, 2.24) is 4.98 Å². The lowest BCUT2D eigenvalue weighted by Crippen LogP contribution is -2.14. The number of pyridine rings is 1. The van der Waals surface area contributed by atoms with E-state index in [-0.39, 0.29) is 12.3 Å². The van der Waals surface area contributed by atoms with Crippen LogP contribution in [0.5, 0.6) is 0 Å². The van der Waals surface area contributed by atoms with Gasteiger partial charge in [-0.25, -0.2) is 4.98 Å². The van der Waals surface area contributed by atoms with Gasteiger partial charge in [0.05, 0.1) is 6.42 Å². The number of halogens is 1. The summed E-state index contributed by atoms with van der Waals surface area (Å²) in [6, 6.07) is 3.41. The number of amides is 1. The molecule has 0 aliphatic carbocycles. The topological polar surface area (TPSA) is 56.0 Å². The Morgan fingerprint density at radius 1 is 1.67 bits per heavy atom. The predicted molar refractivity (Wildman–Crippen MR) is 46.9 cm³/mol. The van der Waals surface area contributed by atoms with Crippen LogP contribution < -0.4 is 5.73 Å². The first-order chi connectivity index (χ1) is 5.59. The van der Waals surface area contributed by atoms with E-state index in [1.165, 1.54) is 0 Å². The summed E-state index contributed by atoms with van der Waals surface area (Å²) in [4.78, 5) is 14.6. The highest BCUT2D eigenvalue weighted by molar-refractivity contribution is 6.29. The van der Waals surface area contributed by atoms with Crippen LogP contribution in [0, 0.1) is 6.92 Å². The van der Waals surface area contributed by atoms with Gasteiger partial charge in [0.2, 0.25) is 5.91 Å². The molecule has 3 nitrogen and oxygen atoms in total. The highest BCUT2D eigenvalue weighted by atomic mass is 35.5. The number of primary amides is 1. The van der Waals surface area contributed by atoms with Gasteiger partial charge >= 0.3 is 0 Å². The van der Waals surface area contributed by atoms with Crippen molar-refractivity contribution in [3.8, 4) is 0 Å². The van der Waals surface area contributed by atoms with Crippen LogP contribution in [0.25, 0.3) is 0 Å². The number of aromatic nitrogens is 1. The largest absolute Gasteiger partial charge is 0.369 e. The van der Waals surface area contributed by atoms with Crippen LogP contribution in [0.3, 0.4) is 0 Å². The molecular weight excluding hydrogens is 176 g/mol. The maximum Gasteiger partial charge on any atom is 0.221 e. The van der Waals surface area contributed by atoms with Crippen molar-refractivity contribution in [3.05, 3.63) is 28.5 Å². The van der Waals surface area contributed by atoms with E-state index in [9.17, 15) is 4.79 Å². The van der Waals surface area contributed by atoms with Gasteiger partial charge in [-0.05, 0) is 18.6 Å². The molecule has 0 saturated carbocycles. The van der Waals surface area contributed by atoms with Gasteiger partial charge in [0.25, 0.3) is 0 Å². The minimum Gasteiger partial charge on any atom is -0.369 e. The standard InChI is InChI=1S/C8H9ClN2O/c1-5-6(4-8(10)12)2-3-7(9)11-5/h2-3H,4H2,1H3,(H2,10,12). The second-order valence-electron chi connectivity index (χ2n) is 2.52. The highest BCUT2D eigenvalue weighted by Gasteiger charge is 2.03. The normalized spacial score (nSPS) is 9.83. The van der Waals surface area contributed by atoms with Crippen LogP contribution in [0.2, 0.25) is 5.15 Å². The predicted octanol–water partition coefficient (Wildman–Crippen LogP) is 1.07. The lowest BCUT2D eigenvalue weighted by atomic mass is 10.1. The Balaban J connectivity index is 2.93. The maximum absolute atomic E-state index is 10.6. The monoisotopic (exact) mass is 184 g/mol. The van der Waals surface area contributed by atoms with Crippen LogP contribution in [0.15, 0.2) is 12.1 Å². The Labute approximate surface area is 75.6 Å². The molecule has 0 unspecified atom stereocenters. The number of aryl methyl sites for hydroxylation is 1. The van der Waals surface area contributed by atoms with Gasteiger partial charge in [-0.3, -0.25) is 4.79 Å². The average molecular weight is 185 g/mol. The van der Waals surface area contributed by atoms with E-state index >= 15 is 0 Å². The van der Waals surface area contributed by atoms with E-state index in [0.29, 0.717) is 5.15 Å². The average Bonchev–Trinajstić information content (AvgIpc) is 1.94. The number of hydrogen-bond acceptors (Lipinski definition) is 2. The molecule has 0 spiro atoms. The van der Waals surface area contributed by atoms with Gasteiger partial charge in [0, 0.05) is 5.69 Å². The van der Waals surface area contributed by atoms with Crippen LogP contribution in [-0.4, -0.2) is 10.9 Å². The minimum absolute atomic E-state index is 0.218. The zero-order valence-corrected chi connectivity index (χ0v) is 7.43. The van der Waals surface area contributed by atoms with Gasteiger partial charge in [0.1, 0.15) is 5.15 Å². The number of nitrogens with two attached hydrogens (primary N) is 1. The van der Waals surface area contributed by atoms with Crippen LogP contribution in [0.1, 0.15) is 11.3 Å². The Morgan fingerprint density at radius 3 is 2.83 bits per heavy atom. The highest BCUT2D eigenvalue weighted by Crippen LogP contribution is 2.10. The summed E-state index contributed by atoms with van der Waals surface area (Å²) in [5.74, 6) is -0.359. The van der Waals surface area contributed by atoms with Crippen molar-refractivity contribution in [2.24, 2.45) is 5.73 Å². The summed E-state index contributed by atoms with van der Waals surface area (Å²) >= 11 is 5.63. The summed E-state index contributed by atoms with van der Waals surface area (Å²) in [5, 5.41) is 0.431. The molecular formula is C8H9ClN2O. The third-order valence-corrected chi connectivity index (χ3v) is 1.74. The fourth-order valence-corrected chi connectivity index (χ4v) is 1.12. The summed E-state index contributed by atoms with van der Waals surface area (Å²) in [6.45, 7) is 1.80. The molecule has 2 N–H and O–H groups in total. The molecule has 1 amide bonds. The van der Waals surface area contributed by atoms with Crippen molar-refractivity contribution in [3.63, 3.8) is 0 Å². The Bertz CT molecular complexity index is 312. The SMILES string of the molecule is Cc1nc(Cl)ccc1CC(N)=O. The van der Waals surface area contributed by atoms with Gasteiger partial charge in [-0.1, -0.05) is 17.7 Å². The first-order valence-electron chi connectivity index (χ1n) is 3.50. The number of carbonyl (C=O) groups excluding carboxylic acids is 1. The van der Waals surface area contributed by atoms with Gasteiger partial charge in [-0.15, -0.1) is 0 Å². The Hall–Kier alpha value is -1.09. The van der Waals surface area contributed by atoms with Crippen molar-refractivity contribution in [2.75, 3.05) is 0 Å². The molecule has 64 valence electrons. The van der Waals surface area contributed by atoms with Gasteiger partial charge in [0.15, 0.2) is 0 Å². The smallest absolute Gasteiger partial charge is 0.221 e. The molecule has 0 bridgehead atoms. The Kier molecular flexibility index (Phi) is 2.65. The molecule has 0 aromatic carbocycles. The molecule has 12 heavy (non-hydrogen) atoms. The molecule has 4 heteroatoms. The lowest BCUT2D eigenvalue weighted by molar-refractivity contribution is -0.117. The fourth-order valence-electron chi connectivity index (χ4n) is 0.934. The van der Waals surface area contributed by atoms with E-state index in [2.05, 4.69) is 4.98 Å². The van der Waals surface area contributed by atoms with E-state index in [1.54, 1.807) is 19.1 Å². The third-order valence-electron chi connectivity index (χ3n) is 1.53. The van der Waals surface area contributed by atoms with Crippen molar-refractivity contribution in [1.29, 1.82) is 0 Å². The van der Waals surface area contributed by atoms with E-state index in [0.717, 1.165) is 11.3 Å². The van der Waals surface area contributed by atoms with Crippen molar-refractivity contribution in [2.45, 2.75) is 13.3 Å². The molecule has 0 saturated heterocycles. The lowest BCUT2D eigenvalue weighted by Gasteiger charge is -2.01. The van der Waals surface area contributed by atoms with Crippen LogP contribution >= 0.6 is 11.6 Å². The number of nitrogens with zero attached hydrogens (tertiary/aromatic N) is 1. The van der Waals surface area contributed by atoms with Crippen molar-refractivity contribution < 1.29 is 4.79 Å². The number of carbonyl (C=O) groups is 1. The summed E-state index contributed by atoms with van der Waals surface area (Å²) in [5.41, 5.74) is 6.61. The molecule has 1 rings (SSSR count). The zero-order chi connectivity index (χ0) is 9.14. The third kappa shape index (κ3) is 2.20. The molecule has 0 radical (unpaired) electrons. The van der Waals surface area contributed by atoms with Crippen LogP contribution in [0.4, 0.5) is 0 Å². The molecule has 1 aromatic heterocycles. The summed E-state index contributed by atoms with van der Waals surface area (Å²) in [7, 11) is 0. The second-order valence-corrected chi connectivity index (χ2v) is 2.91. The molecule has 0 atom stereocenters. The molecule has 1 aromatic rings. The van der Waals surface area contributed by atoms with Gasteiger partial charge in [-0.2, -0.15) is 0 Å². The number of hydrogen-bond donors (Lipinski definition) is 1. The van der Waals surface area contributed by atoms with E-state index < -0.39 is 0 Å². The quantitative estimate of drug-likeness (QED) is 0.700.